The molecule has 1 aromatic heterocycles. The molecule has 1 saturated heterocycles. The van der Waals surface area contributed by atoms with Crippen molar-refractivity contribution >= 4 is 27.2 Å². The zero-order valence-electron chi connectivity index (χ0n) is 13.9. The molecule has 7 nitrogen and oxygen atoms in total. The first-order valence-corrected chi connectivity index (χ1v) is 9.97. The number of nitrogens with zero attached hydrogens (tertiary/aromatic N) is 2. The summed E-state index contributed by atoms with van der Waals surface area (Å²) in [5, 5.41) is 5.89. The third kappa shape index (κ3) is 4.33. The molecule has 1 atom stereocenters. The summed E-state index contributed by atoms with van der Waals surface area (Å²) in [5.41, 5.74) is 2.28. The molecule has 0 bridgehead atoms. The van der Waals surface area contributed by atoms with Gasteiger partial charge < -0.3 is 10.6 Å². The van der Waals surface area contributed by atoms with Crippen LogP contribution in [0.3, 0.4) is 0 Å². The Balaban J connectivity index is 1.65. The standard InChI is InChI=1S/C17H20N4O3S/c1-2-12-5-3-4-6-14(12)21-16-10-18-15(9-19-16)17(22)20-13-7-8-25(23,24)11-13/h3-6,9-10,13H,2,7-8,11H2,1H3,(H,19,21)(H,20,22). The van der Waals surface area contributed by atoms with E-state index < -0.39 is 15.7 Å². The molecule has 2 N–H and O–H groups in total. The third-order valence-electron chi connectivity index (χ3n) is 4.11. The highest BCUT2D eigenvalue weighted by atomic mass is 32.2. The van der Waals surface area contributed by atoms with E-state index in [2.05, 4.69) is 27.5 Å². The van der Waals surface area contributed by atoms with E-state index in [0.717, 1.165) is 17.7 Å². The monoisotopic (exact) mass is 360 g/mol. The van der Waals surface area contributed by atoms with Crippen LogP contribution >= 0.6 is 0 Å². The second-order valence-electron chi connectivity index (χ2n) is 6.00. The van der Waals surface area contributed by atoms with Crippen LogP contribution in [0.2, 0.25) is 0 Å². The lowest BCUT2D eigenvalue weighted by molar-refractivity contribution is 0.0935. The van der Waals surface area contributed by atoms with Crippen LogP contribution in [-0.4, -0.2) is 41.8 Å². The van der Waals surface area contributed by atoms with Crippen molar-refractivity contribution in [3.63, 3.8) is 0 Å². The van der Waals surface area contributed by atoms with E-state index in [1.165, 1.54) is 12.4 Å². The van der Waals surface area contributed by atoms with E-state index in [1.807, 2.05) is 24.3 Å². The Morgan fingerprint density at radius 1 is 1.24 bits per heavy atom. The van der Waals surface area contributed by atoms with Crippen LogP contribution in [-0.2, 0) is 16.3 Å². The van der Waals surface area contributed by atoms with Crippen molar-refractivity contribution in [1.29, 1.82) is 0 Å². The van der Waals surface area contributed by atoms with Crippen molar-refractivity contribution in [3.8, 4) is 0 Å². The molecule has 8 heteroatoms. The molecule has 1 aromatic carbocycles. The van der Waals surface area contributed by atoms with Crippen LogP contribution in [0.5, 0.6) is 0 Å². The normalized spacial score (nSPS) is 18.7. The van der Waals surface area contributed by atoms with Gasteiger partial charge in [-0.05, 0) is 24.5 Å². The predicted octanol–water partition coefficient (Wildman–Crippen LogP) is 1.70. The highest BCUT2D eigenvalue weighted by molar-refractivity contribution is 7.91. The zero-order valence-corrected chi connectivity index (χ0v) is 14.7. The average Bonchev–Trinajstić information content (AvgIpc) is 2.94. The van der Waals surface area contributed by atoms with E-state index in [-0.39, 0.29) is 23.2 Å². The Bertz CT molecular complexity index is 866. The van der Waals surface area contributed by atoms with Gasteiger partial charge in [-0.15, -0.1) is 0 Å². The van der Waals surface area contributed by atoms with Crippen LogP contribution < -0.4 is 10.6 Å². The average molecular weight is 360 g/mol. The van der Waals surface area contributed by atoms with Gasteiger partial charge in [0.1, 0.15) is 11.5 Å². The molecule has 0 aliphatic carbocycles. The van der Waals surface area contributed by atoms with Gasteiger partial charge in [0.25, 0.3) is 5.91 Å². The molecule has 3 rings (SSSR count). The lowest BCUT2D eigenvalue weighted by Gasteiger charge is -2.11. The van der Waals surface area contributed by atoms with E-state index in [0.29, 0.717) is 12.2 Å². The van der Waals surface area contributed by atoms with Gasteiger partial charge in [0.05, 0.1) is 23.9 Å². The van der Waals surface area contributed by atoms with Crippen LogP contribution in [0.25, 0.3) is 0 Å². The highest BCUT2D eigenvalue weighted by Gasteiger charge is 2.29. The zero-order chi connectivity index (χ0) is 17.9. The number of aromatic nitrogens is 2. The first kappa shape index (κ1) is 17.3. The first-order valence-electron chi connectivity index (χ1n) is 8.15. The van der Waals surface area contributed by atoms with Crippen molar-refractivity contribution in [1.82, 2.24) is 15.3 Å². The third-order valence-corrected chi connectivity index (χ3v) is 5.88. The number of sulfone groups is 1. The highest BCUT2D eigenvalue weighted by Crippen LogP contribution is 2.19. The number of hydrogen-bond donors (Lipinski definition) is 2. The quantitative estimate of drug-likeness (QED) is 0.842. The molecule has 0 spiro atoms. The maximum Gasteiger partial charge on any atom is 0.271 e. The Hall–Kier alpha value is -2.48. The van der Waals surface area contributed by atoms with E-state index >= 15 is 0 Å². The van der Waals surface area contributed by atoms with Gasteiger partial charge in [-0.25, -0.2) is 18.4 Å². The van der Waals surface area contributed by atoms with Crippen LogP contribution in [0.1, 0.15) is 29.4 Å². The summed E-state index contributed by atoms with van der Waals surface area (Å²) in [7, 11) is -3.03. The number of amides is 1. The molecule has 1 amide bonds. The fourth-order valence-electron chi connectivity index (χ4n) is 2.77. The molecule has 1 fully saturated rings. The molecular weight excluding hydrogens is 340 g/mol. The Morgan fingerprint density at radius 2 is 2.04 bits per heavy atom. The summed E-state index contributed by atoms with van der Waals surface area (Å²) in [5.74, 6) is 0.235. The van der Waals surface area contributed by atoms with Gasteiger partial charge in [-0.2, -0.15) is 0 Å². The van der Waals surface area contributed by atoms with Crippen molar-refractivity contribution in [2.24, 2.45) is 0 Å². The fraction of sp³-hybridized carbons (Fsp3) is 0.353. The number of hydrogen-bond acceptors (Lipinski definition) is 6. The van der Waals surface area contributed by atoms with Crippen molar-refractivity contribution in [2.45, 2.75) is 25.8 Å². The number of carbonyl (C=O) groups is 1. The van der Waals surface area contributed by atoms with Crippen molar-refractivity contribution < 1.29 is 13.2 Å². The minimum absolute atomic E-state index is 0.0143. The number of benzene rings is 1. The number of rotatable bonds is 5. The maximum absolute atomic E-state index is 12.2. The van der Waals surface area contributed by atoms with E-state index in [1.54, 1.807) is 0 Å². The van der Waals surface area contributed by atoms with Gasteiger partial charge in [0.15, 0.2) is 9.84 Å². The van der Waals surface area contributed by atoms with Crippen LogP contribution in [0.15, 0.2) is 36.7 Å². The summed E-state index contributed by atoms with van der Waals surface area (Å²) < 4.78 is 22.9. The predicted molar refractivity (Wildman–Crippen MR) is 95.7 cm³/mol. The summed E-state index contributed by atoms with van der Waals surface area (Å²) in [6.45, 7) is 2.07. The molecule has 1 unspecified atom stereocenters. The first-order chi connectivity index (χ1) is 12.0. The van der Waals surface area contributed by atoms with Gasteiger partial charge >= 0.3 is 0 Å². The van der Waals surface area contributed by atoms with Gasteiger partial charge in [-0.1, -0.05) is 25.1 Å². The van der Waals surface area contributed by atoms with Crippen LogP contribution in [0, 0.1) is 0 Å². The molecule has 1 aliphatic rings. The molecule has 25 heavy (non-hydrogen) atoms. The summed E-state index contributed by atoms with van der Waals surface area (Å²) in [6.07, 6.45) is 4.21. The largest absolute Gasteiger partial charge is 0.347 e. The molecule has 0 radical (unpaired) electrons. The lowest BCUT2D eigenvalue weighted by Crippen LogP contribution is -2.36. The summed E-state index contributed by atoms with van der Waals surface area (Å²) in [6, 6.07) is 7.56. The molecular formula is C17H20N4O3S. The Morgan fingerprint density at radius 3 is 2.68 bits per heavy atom. The minimum atomic E-state index is -3.03. The SMILES string of the molecule is CCc1ccccc1Nc1cnc(C(=O)NC2CCS(=O)(=O)C2)cn1. The van der Waals surface area contributed by atoms with Gasteiger partial charge in [-0.3, -0.25) is 4.79 Å². The molecule has 2 aromatic rings. The second kappa shape index (κ2) is 7.18. The number of para-hydroxylation sites is 1. The number of carbonyl (C=O) groups excluding carboxylic acids is 1. The van der Waals surface area contributed by atoms with Crippen molar-refractivity contribution in [3.05, 3.63) is 47.9 Å². The summed E-state index contributed by atoms with van der Waals surface area (Å²) >= 11 is 0. The van der Waals surface area contributed by atoms with Crippen molar-refractivity contribution in [2.75, 3.05) is 16.8 Å². The Labute approximate surface area is 146 Å². The second-order valence-corrected chi connectivity index (χ2v) is 8.22. The number of anilines is 2. The van der Waals surface area contributed by atoms with E-state index in [9.17, 15) is 13.2 Å². The number of nitrogens with one attached hydrogen (secondary N) is 2. The fourth-order valence-corrected chi connectivity index (χ4v) is 4.44. The van der Waals surface area contributed by atoms with Gasteiger partial charge in [0.2, 0.25) is 0 Å². The smallest absolute Gasteiger partial charge is 0.271 e. The summed E-state index contributed by atoms with van der Waals surface area (Å²) in [4.78, 5) is 20.5. The molecule has 0 saturated carbocycles. The Kier molecular flexibility index (Phi) is 4.98. The topological polar surface area (TPSA) is 101 Å². The molecule has 2 heterocycles. The van der Waals surface area contributed by atoms with E-state index in [4.69, 9.17) is 0 Å². The minimum Gasteiger partial charge on any atom is -0.347 e. The van der Waals surface area contributed by atoms with Gasteiger partial charge in [0, 0.05) is 11.7 Å². The number of aryl methyl sites for hydroxylation is 1. The lowest BCUT2D eigenvalue weighted by atomic mass is 10.1. The molecule has 132 valence electrons. The molecule has 1 aliphatic heterocycles. The van der Waals surface area contributed by atoms with Crippen LogP contribution in [0.4, 0.5) is 11.5 Å². The maximum atomic E-state index is 12.2.